The quantitative estimate of drug-likeness (QED) is 0.192. The number of Topliss-reactive ketones (excluding diaryl/α,β-unsaturated/α-hetero) is 1. The van der Waals surface area contributed by atoms with Gasteiger partial charge in [0.1, 0.15) is 5.60 Å². The number of hydrogen-bond acceptors (Lipinski definition) is 6. The molecule has 0 aliphatic carbocycles. The van der Waals surface area contributed by atoms with Gasteiger partial charge in [-0.25, -0.2) is 15.6 Å². The summed E-state index contributed by atoms with van der Waals surface area (Å²) in [6, 6.07) is 21.4. The molecule has 2 amide bonds. The number of aromatic amines is 1. The number of anilines is 1. The fourth-order valence-corrected chi connectivity index (χ4v) is 4.78. The minimum absolute atomic E-state index is 0.111. The predicted molar refractivity (Wildman–Crippen MR) is 154 cm³/mol. The number of para-hydroxylation sites is 2. The molecule has 2 heterocycles. The summed E-state index contributed by atoms with van der Waals surface area (Å²) in [5, 5.41) is 4.57. The van der Waals surface area contributed by atoms with Gasteiger partial charge in [0.2, 0.25) is 0 Å². The molecule has 9 nitrogen and oxygen atoms in total. The Hall–Kier alpha value is -4.76. The minimum Gasteiger partial charge on any atom is -0.444 e. The number of nitrogens with two attached hydrogens (primary N) is 1. The van der Waals surface area contributed by atoms with E-state index < -0.39 is 35.5 Å². The van der Waals surface area contributed by atoms with Crippen molar-refractivity contribution in [2.75, 3.05) is 5.01 Å². The number of alkyl carbamates (subject to hydrolysis) is 1. The Morgan fingerprint density at radius 2 is 1.70 bits per heavy atom. The van der Waals surface area contributed by atoms with Gasteiger partial charge in [-0.1, -0.05) is 66.7 Å². The first kappa shape index (κ1) is 26.8. The molecule has 2 atom stereocenters. The van der Waals surface area contributed by atoms with Crippen molar-refractivity contribution in [3.8, 4) is 0 Å². The molecule has 3 aromatic carbocycles. The van der Waals surface area contributed by atoms with Crippen LogP contribution in [0.1, 0.15) is 37.5 Å². The van der Waals surface area contributed by atoms with Crippen LogP contribution in [0.5, 0.6) is 0 Å². The number of carbonyl (C=O) groups excluding carboxylic acids is 3. The lowest BCUT2D eigenvalue weighted by Gasteiger charge is -2.25. The molecular weight excluding hydrogens is 506 g/mol. The highest BCUT2D eigenvalue weighted by molar-refractivity contribution is 6.24. The van der Waals surface area contributed by atoms with Crippen LogP contribution in [-0.4, -0.2) is 46.2 Å². The SMILES string of the molecule is CC(C)(C)OC(=O)N[C@H](Cc1c[nH]c2ccccc12)C(=O)C1N=C(c2ccccc2)c2ccccc2N(N)C1=O. The Kier molecular flexibility index (Phi) is 7.23. The van der Waals surface area contributed by atoms with E-state index in [1.165, 1.54) is 0 Å². The molecule has 9 heteroatoms. The number of ketones is 1. The van der Waals surface area contributed by atoms with E-state index in [2.05, 4.69) is 10.3 Å². The third kappa shape index (κ3) is 5.50. The van der Waals surface area contributed by atoms with Gasteiger partial charge in [-0.3, -0.25) is 14.6 Å². The summed E-state index contributed by atoms with van der Waals surface area (Å²) in [7, 11) is 0. The van der Waals surface area contributed by atoms with Crippen LogP contribution in [0.25, 0.3) is 10.9 Å². The lowest BCUT2D eigenvalue weighted by molar-refractivity contribution is -0.129. The van der Waals surface area contributed by atoms with Crippen molar-refractivity contribution in [3.05, 3.63) is 102 Å². The summed E-state index contributed by atoms with van der Waals surface area (Å²) in [6.45, 7) is 5.20. The minimum atomic E-state index is -1.50. The molecule has 204 valence electrons. The van der Waals surface area contributed by atoms with Crippen LogP contribution in [0, 0.1) is 0 Å². The predicted octanol–water partition coefficient (Wildman–Crippen LogP) is 4.30. The summed E-state index contributed by atoms with van der Waals surface area (Å²) in [5.74, 6) is 5.00. The van der Waals surface area contributed by atoms with Crippen molar-refractivity contribution in [2.45, 2.75) is 44.9 Å². The zero-order chi connectivity index (χ0) is 28.4. The topological polar surface area (TPSA) is 130 Å². The van der Waals surface area contributed by atoms with Gasteiger partial charge in [0.05, 0.1) is 17.4 Å². The maximum atomic E-state index is 14.2. The second kappa shape index (κ2) is 10.8. The van der Waals surface area contributed by atoms with Crippen molar-refractivity contribution >= 4 is 40.1 Å². The molecule has 0 radical (unpaired) electrons. The molecule has 4 aromatic rings. The first-order valence-corrected chi connectivity index (χ1v) is 13.0. The molecule has 1 aliphatic rings. The summed E-state index contributed by atoms with van der Waals surface area (Å²) in [5.41, 5.74) is 3.13. The van der Waals surface area contributed by atoms with Crippen molar-refractivity contribution < 1.29 is 19.1 Å². The van der Waals surface area contributed by atoms with Crippen LogP contribution in [0.3, 0.4) is 0 Å². The number of nitrogens with one attached hydrogen (secondary N) is 2. The summed E-state index contributed by atoms with van der Waals surface area (Å²) < 4.78 is 5.46. The highest BCUT2D eigenvalue weighted by Gasteiger charge is 2.39. The Labute approximate surface area is 232 Å². The van der Waals surface area contributed by atoms with Crippen molar-refractivity contribution in [2.24, 2.45) is 10.8 Å². The molecule has 0 bridgehead atoms. The number of benzene rings is 3. The van der Waals surface area contributed by atoms with E-state index in [0.717, 1.165) is 27.0 Å². The van der Waals surface area contributed by atoms with E-state index in [4.69, 9.17) is 15.6 Å². The molecule has 1 unspecified atom stereocenters. The third-order valence-corrected chi connectivity index (χ3v) is 6.60. The third-order valence-electron chi connectivity index (χ3n) is 6.60. The molecule has 4 N–H and O–H groups in total. The first-order valence-electron chi connectivity index (χ1n) is 13.0. The van der Waals surface area contributed by atoms with Crippen LogP contribution in [0.15, 0.2) is 90.1 Å². The average Bonchev–Trinajstić information content (AvgIpc) is 3.30. The summed E-state index contributed by atoms with van der Waals surface area (Å²) >= 11 is 0. The number of benzodiazepines with no additional fused rings is 1. The van der Waals surface area contributed by atoms with E-state index in [1.54, 1.807) is 39.1 Å². The molecule has 5 rings (SSSR count). The van der Waals surface area contributed by atoms with Gasteiger partial charge in [-0.2, -0.15) is 0 Å². The van der Waals surface area contributed by atoms with Gasteiger partial charge in [0, 0.05) is 34.6 Å². The molecule has 0 spiro atoms. The van der Waals surface area contributed by atoms with Gasteiger partial charge in [0.25, 0.3) is 5.91 Å². The lowest BCUT2D eigenvalue weighted by atomic mass is 9.97. The standard InChI is InChI=1S/C31H31N5O4/c1-31(2,3)40-30(39)34-24(17-20-18-33-23-15-9-7-13-21(20)23)28(37)27-29(38)36(32)25-16-10-8-14-22(25)26(35-27)19-11-5-4-6-12-19/h4-16,18,24,27,33H,17,32H2,1-3H3,(H,34,39)/t24-,27?/m1/s1. The lowest BCUT2D eigenvalue weighted by Crippen LogP contribution is -2.53. The molecule has 40 heavy (non-hydrogen) atoms. The fourth-order valence-electron chi connectivity index (χ4n) is 4.78. The number of rotatable bonds is 6. The number of carbonyl (C=O) groups is 3. The Balaban J connectivity index is 1.57. The summed E-state index contributed by atoms with van der Waals surface area (Å²) in [4.78, 5) is 48.7. The van der Waals surface area contributed by atoms with Gasteiger partial charge in [-0.05, 0) is 38.5 Å². The fraction of sp³-hybridized carbons (Fsp3) is 0.226. The van der Waals surface area contributed by atoms with Gasteiger partial charge < -0.3 is 15.0 Å². The molecule has 0 saturated heterocycles. The van der Waals surface area contributed by atoms with Crippen molar-refractivity contribution in [1.29, 1.82) is 0 Å². The first-order chi connectivity index (χ1) is 19.1. The zero-order valence-electron chi connectivity index (χ0n) is 22.5. The van der Waals surface area contributed by atoms with Crippen LogP contribution in [-0.2, 0) is 20.7 Å². The molecule has 1 aromatic heterocycles. The van der Waals surface area contributed by atoms with Crippen molar-refractivity contribution in [3.63, 3.8) is 0 Å². The Bertz CT molecular complexity index is 1600. The van der Waals surface area contributed by atoms with Gasteiger partial charge in [-0.15, -0.1) is 0 Å². The van der Waals surface area contributed by atoms with Gasteiger partial charge >= 0.3 is 6.09 Å². The number of fused-ring (bicyclic) bond motifs is 2. The number of aliphatic imine (C=N–C) groups is 1. The number of hydrazine groups is 1. The number of H-pyrrole nitrogens is 1. The highest BCUT2D eigenvalue weighted by Crippen LogP contribution is 2.28. The van der Waals surface area contributed by atoms with Crippen LogP contribution < -0.4 is 16.2 Å². The normalized spacial score (nSPS) is 16.1. The summed E-state index contributed by atoms with van der Waals surface area (Å²) in [6.07, 6.45) is 1.13. The molecule has 0 saturated carbocycles. The van der Waals surface area contributed by atoms with E-state index in [0.29, 0.717) is 17.0 Å². The second-order valence-electron chi connectivity index (χ2n) is 10.6. The van der Waals surface area contributed by atoms with Crippen LogP contribution in [0.4, 0.5) is 10.5 Å². The van der Waals surface area contributed by atoms with E-state index in [9.17, 15) is 14.4 Å². The monoisotopic (exact) mass is 537 g/mol. The van der Waals surface area contributed by atoms with Crippen LogP contribution >= 0.6 is 0 Å². The molecule has 0 fully saturated rings. The van der Waals surface area contributed by atoms with Crippen molar-refractivity contribution in [1.82, 2.24) is 10.3 Å². The number of amides is 2. The van der Waals surface area contributed by atoms with Crippen LogP contribution in [0.2, 0.25) is 0 Å². The Morgan fingerprint density at radius 3 is 2.45 bits per heavy atom. The largest absolute Gasteiger partial charge is 0.444 e. The van der Waals surface area contributed by atoms with E-state index in [-0.39, 0.29) is 6.42 Å². The maximum Gasteiger partial charge on any atom is 0.408 e. The Morgan fingerprint density at radius 1 is 1.02 bits per heavy atom. The molecular formula is C31H31N5O4. The number of nitrogens with zero attached hydrogens (tertiary/aromatic N) is 2. The average molecular weight is 538 g/mol. The zero-order valence-corrected chi connectivity index (χ0v) is 22.5. The second-order valence-corrected chi connectivity index (χ2v) is 10.6. The highest BCUT2D eigenvalue weighted by atomic mass is 16.6. The number of aromatic nitrogens is 1. The number of ether oxygens (including phenoxy) is 1. The maximum absolute atomic E-state index is 14.2. The smallest absolute Gasteiger partial charge is 0.408 e. The number of hydrogen-bond donors (Lipinski definition) is 3. The molecule has 1 aliphatic heterocycles. The van der Waals surface area contributed by atoms with Gasteiger partial charge in [0.15, 0.2) is 11.8 Å². The van der Waals surface area contributed by atoms with E-state index >= 15 is 0 Å². The van der Waals surface area contributed by atoms with E-state index in [1.807, 2.05) is 66.7 Å².